The average molecular weight is 469 g/mol. The Bertz CT molecular complexity index is 1410. The number of rotatable bonds is 3. The maximum Gasteiger partial charge on any atom is 0.262 e. The minimum atomic E-state index is -0.740. The van der Waals surface area contributed by atoms with Crippen molar-refractivity contribution in [2.45, 2.75) is 51.6 Å². The zero-order chi connectivity index (χ0) is 24.4. The second-order valence-electron chi connectivity index (χ2n) is 9.29. The third kappa shape index (κ3) is 4.89. The van der Waals surface area contributed by atoms with Crippen LogP contribution >= 0.6 is 0 Å². The number of carbonyl (C=O) groups is 2. The van der Waals surface area contributed by atoms with Crippen molar-refractivity contribution in [3.8, 4) is 11.8 Å². The molecule has 1 unspecified atom stereocenters. The molecule has 2 aliphatic heterocycles. The van der Waals surface area contributed by atoms with E-state index >= 15 is 0 Å². The number of hydrogen-bond acceptors (Lipinski definition) is 5. The minimum absolute atomic E-state index is 0.197. The van der Waals surface area contributed by atoms with Crippen LogP contribution in [0.1, 0.15) is 60.7 Å². The second kappa shape index (κ2) is 9.85. The van der Waals surface area contributed by atoms with Gasteiger partial charge in [0.25, 0.3) is 5.56 Å². The van der Waals surface area contributed by atoms with E-state index in [9.17, 15) is 14.4 Å². The molecule has 2 fully saturated rings. The van der Waals surface area contributed by atoms with Gasteiger partial charge in [0.15, 0.2) is 0 Å². The maximum absolute atomic E-state index is 13.3. The molecule has 7 heteroatoms. The van der Waals surface area contributed by atoms with Crippen molar-refractivity contribution in [3.63, 3.8) is 0 Å². The number of aromatic nitrogens is 2. The molecule has 0 saturated carbocycles. The van der Waals surface area contributed by atoms with Crippen LogP contribution in [-0.2, 0) is 16.1 Å². The first-order valence-corrected chi connectivity index (χ1v) is 12.2. The molecular weight excluding hydrogens is 440 g/mol. The summed E-state index contributed by atoms with van der Waals surface area (Å²) in [6.45, 7) is 5.01. The van der Waals surface area contributed by atoms with E-state index in [1.807, 2.05) is 18.2 Å². The van der Waals surface area contributed by atoms with Crippen LogP contribution in [0.15, 0.2) is 47.3 Å². The van der Waals surface area contributed by atoms with Gasteiger partial charge in [-0.05, 0) is 69.1 Å². The SMILES string of the molecule is Cc1nc2c(C#Cc3ccc(CN4CCCCC4)cc3)cccc2c(=O)n1C1CCC(=O)NC1=O. The molecule has 0 spiro atoms. The van der Waals surface area contributed by atoms with Crippen LogP contribution < -0.4 is 10.9 Å². The zero-order valence-electron chi connectivity index (χ0n) is 19.8. The maximum atomic E-state index is 13.3. The lowest BCUT2D eigenvalue weighted by molar-refractivity contribution is -0.135. The normalized spacial score (nSPS) is 18.7. The largest absolute Gasteiger partial charge is 0.299 e. The van der Waals surface area contributed by atoms with Crippen molar-refractivity contribution in [1.29, 1.82) is 0 Å². The van der Waals surface area contributed by atoms with E-state index in [4.69, 9.17) is 0 Å². The van der Waals surface area contributed by atoms with Crippen molar-refractivity contribution in [2.75, 3.05) is 13.1 Å². The number of piperidine rings is 2. The van der Waals surface area contributed by atoms with Gasteiger partial charge in [-0.2, -0.15) is 0 Å². The van der Waals surface area contributed by atoms with Gasteiger partial charge in [0.2, 0.25) is 11.8 Å². The Balaban J connectivity index is 1.42. The molecule has 2 aliphatic rings. The molecule has 3 heterocycles. The Morgan fingerprint density at radius 2 is 1.77 bits per heavy atom. The van der Waals surface area contributed by atoms with Crippen LogP contribution in [0.25, 0.3) is 10.9 Å². The van der Waals surface area contributed by atoms with Gasteiger partial charge in [0, 0.05) is 18.5 Å². The average Bonchev–Trinajstić information content (AvgIpc) is 2.86. The lowest BCUT2D eigenvalue weighted by Gasteiger charge is -2.26. The van der Waals surface area contributed by atoms with Crippen LogP contribution in [0.3, 0.4) is 0 Å². The van der Waals surface area contributed by atoms with E-state index in [1.54, 1.807) is 19.1 Å². The smallest absolute Gasteiger partial charge is 0.262 e. The number of hydrogen-bond donors (Lipinski definition) is 1. The van der Waals surface area contributed by atoms with E-state index in [-0.39, 0.29) is 24.3 Å². The Kier molecular flexibility index (Phi) is 6.47. The van der Waals surface area contributed by atoms with Gasteiger partial charge in [-0.1, -0.05) is 36.5 Å². The van der Waals surface area contributed by atoms with E-state index in [0.29, 0.717) is 22.3 Å². The van der Waals surface area contributed by atoms with Crippen LogP contribution in [0, 0.1) is 18.8 Å². The number of carbonyl (C=O) groups excluding carboxylic acids is 2. The predicted molar refractivity (Wildman–Crippen MR) is 134 cm³/mol. The molecular formula is C28H28N4O3. The van der Waals surface area contributed by atoms with Crippen LogP contribution in [-0.4, -0.2) is 39.4 Å². The van der Waals surface area contributed by atoms with Crippen molar-refractivity contribution >= 4 is 22.7 Å². The number of nitrogens with one attached hydrogen (secondary N) is 1. The highest BCUT2D eigenvalue weighted by molar-refractivity contribution is 5.99. The summed E-state index contributed by atoms with van der Waals surface area (Å²) < 4.78 is 1.39. The Morgan fingerprint density at radius 1 is 1.00 bits per heavy atom. The molecule has 1 N–H and O–H groups in total. The van der Waals surface area contributed by atoms with E-state index in [2.05, 4.69) is 39.2 Å². The predicted octanol–water partition coefficient (Wildman–Crippen LogP) is 3.07. The molecule has 5 rings (SSSR count). The zero-order valence-corrected chi connectivity index (χ0v) is 19.8. The fraction of sp³-hybridized carbons (Fsp3) is 0.357. The molecule has 2 aromatic carbocycles. The van der Waals surface area contributed by atoms with Gasteiger partial charge in [-0.15, -0.1) is 0 Å². The summed E-state index contributed by atoms with van der Waals surface area (Å²) >= 11 is 0. The molecule has 1 aromatic heterocycles. The lowest BCUT2D eigenvalue weighted by Crippen LogP contribution is -2.45. The number of fused-ring (bicyclic) bond motifs is 1. The fourth-order valence-corrected chi connectivity index (χ4v) is 4.93. The third-order valence-electron chi connectivity index (χ3n) is 6.78. The molecule has 0 bridgehead atoms. The topological polar surface area (TPSA) is 84.3 Å². The molecule has 2 amide bonds. The molecule has 35 heavy (non-hydrogen) atoms. The molecule has 3 aromatic rings. The highest BCUT2D eigenvalue weighted by atomic mass is 16.2. The second-order valence-corrected chi connectivity index (χ2v) is 9.29. The van der Waals surface area contributed by atoms with Gasteiger partial charge in [0.1, 0.15) is 11.9 Å². The van der Waals surface area contributed by atoms with Crippen LogP contribution in [0.4, 0.5) is 0 Å². The number of benzene rings is 2. The molecule has 7 nitrogen and oxygen atoms in total. The van der Waals surface area contributed by atoms with E-state index in [1.165, 1.54) is 42.5 Å². The summed E-state index contributed by atoms with van der Waals surface area (Å²) in [5.74, 6) is 6.02. The van der Waals surface area contributed by atoms with E-state index in [0.717, 1.165) is 12.1 Å². The summed E-state index contributed by atoms with van der Waals surface area (Å²) in [5.41, 5.74) is 3.07. The molecule has 178 valence electrons. The number of nitrogens with zero attached hydrogens (tertiary/aromatic N) is 3. The fourth-order valence-electron chi connectivity index (χ4n) is 4.93. The minimum Gasteiger partial charge on any atom is -0.299 e. The standard InChI is InChI=1S/C28H28N4O3/c1-19-29-26-22(13-12-20-8-10-21(11-9-20)18-31-16-3-2-4-17-31)6-5-7-23(26)28(35)32(19)24-14-15-25(33)30-27(24)34/h5-11,24H,2-4,14-18H2,1H3,(H,30,33,34). The number of likely N-dealkylation sites (tertiary alicyclic amines) is 1. The van der Waals surface area contributed by atoms with E-state index < -0.39 is 11.9 Å². The Labute approximate surface area is 204 Å². The highest BCUT2D eigenvalue weighted by Gasteiger charge is 2.30. The summed E-state index contributed by atoms with van der Waals surface area (Å²) in [5, 5.41) is 2.72. The quantitative estimate of drug-likeness (QED) is 0.472. The van der Waals surface area contributed by atoms with Gasteiger partial charge in [0.05, 0.1) is 16.5 Å². The third-order valence-corrected chi connectivity index (χ3v) is 6.78. The monoisotopic (exact) mass is 468 g/mol. The molecule has 0 aliphatic carbocycles. The highest BCUT2D eigenvalue weighted by Crippen LogP contribution is 2.21. The molecule has 1 atom stereocenters. The summed E-state index contributed by atoms with van der Waals surface area (Å²) in [6.07, 6.45) is 4.37. The first-order chi connectivity index (χ1) is 17.0. The van der Waals surface area contributed by atoms with Crippen LogP contribution in [0.2, 0.25) is 0 Å². The summed E-state index contributed by atoms with van der Waals surface area (Å²) in [6, 6.07) is 12.9. The van der Waals surface area contributed by atoms with Gasteiger partial charge in [-0.3, -0.25) is 29.2 Å². The van der Waals surface area contributed by atoms with Crippen molar-refractivity contribution in [2.24, 2.45) is 0 Å². The van der Waals surface area contributed by atoms with Gasteiger partial charge < -0.3 is 0 Å². The summed E-state index contributed by atoms with van der Waals surface area (Å²) in [7, 11) is 0. The van der Waals surface area contributed by atoms with Gasteiger partial charge in [-0.25, -0.2) is 4.98 Å². The number of aryl methyl sites for hydroxylation is 1. The number of imide groups is 1. The van der Waals surface area contributed by atoms with Crippen molar-refractivity contribution in [3.05, 3.63) is 75.3 Å². The van der Waals surface area contributed by atoms with Crippen LogP contribution in [0.5, 0.6) is 0 Å². The van der Waals surface area contributed by atoms with Gasteiger partial charge >= 0.3 is 0 Å². The molecule has 2 saturated heterocycles. The Morgan fingerprint density at radius 3 is 2.51 bits per heavy atom. The number of amides is 2. The number of para-hydroxylation sites is 1. The lowest BCUT2D eigenvalue weighted by atomic mass is 10.0. The first kappa shape index (κ1) is 23.0. The van der Waals surface area contributed by atoms with Crippen molar-refractivity contribution in [1.82, 2.24) is 19.8 Å². The summed E-state index contributed by atoms with van der Waals surface area (Å²) in [4.78, 5) is 44.3. The molecule has 0 radical (unpaired) electrons. The van der Waals surface area contributed by atoms with Crippen molar-refractivity contribution < 1.29 is 9.59 Å². The Hall–Kier alpha value is -3.76. The first-order valence-electron chi connectivity index (χ1n) is 12.2.